The van der Waals surface area contributed by atoms with Crippen LogP contribution >= 0.6 is 11.6 Å². The third-order valence-corrected chi connectivity index (χ3v) is 3.64. The van der Waals surface area contributed by atoms with Crippen LogP contribution in [0, 0.1) is 5.92 Å². The predicted octanol–water partition coefficient (Wildman–Crippen LogP) is 3.00. The number of nitrogens with two attached hydrogens (primary N) is 1. The molecule has 0 aromatic heterocycles. The quantitative estimate of drug-likeness (QED) is 0.373. The van der Waals surface area contributed by atoms with Gasteiger partial charge in [-0.2, -0.15) is 0 Å². The third kappa shape index (κ3) is 3.07. The lowest BCUT2D eigenvalue weighted by Crippen LogP contribution is -2.15. The summed E-state index contributed by atoms with van der Waals surface area (Å²) in [6, 6.07) is 5.10. The van der Waals surface area contributed by atoms with Gasteiger partial charge in [0.2, 0.25) is 0 Å². The SMILES string of the molecule is N/C(=N/O)c1ccc(OCCC2CCC2)c(Cl)c1. The molecule has 0 heterocycles. The van der Waals surface area contributed by atoms with Crippen molar-refractivity contribution in [2.45, 2.75) is 25.7 Å². The second-order valence-corrected chi connectivity index (χ2v) is 4.97. The van der Waals surface area contributed by atoms with Crippen LogP contribution in [-0.2, 0) is 0 Å². The summed E-state index contributed by atoms with van der Waals surface area (Å²) >= 11 is 6.08. The number of hydrogen-bond acceptors (Lipinski definition) is 3. The van der Waals surface area contributed by atoms with Crippen LogP contribution in [0.15, 0.2) is 23.4 Å². The van der Waals surface area contributed by atoms with Crippen LogP contribution in [0.25, 0.3) is 0 Å². The molecule has 0 bridgehead atoms. The zero-order chi connectivity index (χ0) is 13.0. The summed E-state index contributed by atoms with van der Waals surface area (Å²) in [4.78, 5) is 0. The van der Waals surface area contributed by atoms with E-state index in [4.69, 9.17) is 27.3 Å². The number of nitrogens with zero attached hydrogens (tertiary/aromatic N) is 1. The Labute approximate surface area is 111 Å². The van der Waals surface area contributed by atoms with Crippen molar-refractivity contribution in [1.29, 1.82) is 0 Å². The largest absolute Gasteiger partial charge is 0.492 e. The highest BCUT2D eigenvalue weighted by atomic mass is 35.5. The molecule has 0 amide bonds. The van der Waals surface area contributed by atoms with Crippen LogP contribution in [0.4, 0.5) is 0 Å². The highest BCUT2D eigenvalue weighted by Gasteiger charge is 2.17. The fraction of sp³-hybridized carbons (Fsp3) is 0.462. The maximum atomic E-state index is 8.57. The average molecular weight is 269 g/mol. The number of rotatable bonds is 5. The zero-order valence-electron chi connectivity index (χ0n) is 10.1. The Morgan fingerprint density at radius 3 is 2.83 bits per heavy atom. The van der Waals surface area contributed by atoms with Gasteiger partial charge in [0.05, 0.1) is 11.6 Å². The molecule has 98 valence electrons. The minimum atomic E-state index is 0.0397. The molecule has 0 saturated heterocycles. The van der Waals surface area contributed by atoms with Gasteiger partial charge in [0, 0.05) is 5.56 Å². The first-order valence-electron chi connectivity index (χ1n) is 6.11. The fourth-order valence-corrected chi connectivity index (χ4v) is 2.19. The molecule has 1 aromatic carbocycles. The van der Waals surface area contributed by atoms with E-state index in [9.17, 15) is 0 Å². The van der Waals surface area contributed by atoms with Gasteiger partial charge in [-0.05, 0) is 30.5 Å². The van der Waals surface area contributed by atoms with Gasteiger partial charge in [0.1, 0.15) is 5.75 Å². The molecule has 0 aliphatic heterocycles. The molecule has 3 N–H and O–H groups in total. The van der Waals surface area contributed by atoms with Gasteiger partial charge in [-0.15, -0.1) is 0 Å². The highest BCUT2D eigenvalue weighted by Crippen LogP contribution is 2.30. The normalized spacial score (nSPS) is 16.4. The van der Waals surface area contributed by atoms with E-state index in [1.165, 1.54) is 19.3 Å². The summed E-state index contributed by atoms with van der Waals surface area (Å²) in [5.41, 5.74) is 6.06. The second kappa shape index (κ2) is 5.96. The van der Waals surface area contributed by atoms with E-state index < -0.39 is 0 Å². The first kappa shape index (κ1) is 13.0. The minimum absolute atomic E-state index is 0.0397. The molecule has 1 aliphatic rings. The van der Waals surface area contributed by atoms with Gasteiger partial charge in [0.15, 0.2) is 5.84 Å². The number of hydrogen-bond donors (Lipinski definition) is 2. The van der Waals surface area contributed by atoms with Gasteiger partial charge in [-0.1, -0.05) is 36.0 Å². The van der Waals surface area contributed by atoms with Gasteiger partial charge in [-0.3, -0.25) is 0 Å². The van der Waals surface area contributed by atoms with Crippen molar-refractivity contribution in [3.8, 4) is 5.75 Å². The van der Waals surface area contributed by atoms with Crippen LogP contribution in [0.5, 0.6) is 5.75 Å². The Morgan fingerprint density at radius 2 is 2.28 bits per heavy atom. The molecule has 18 heavy (non-hydrogen) atoms. The van der Waals surface area contributed by atoms with Crippen LogP contribution in [0.2, 0.25) is 5.02 Å². The monoisotopic (exact) mass is 268 g/mol. The maximum Gasteiger partial charge on any atom is 0.170 e. The summed E-state index contributed by atoms with van der Waals surface area (Å²) in [6.07, 6.45) is 5.07. The van der Waals surface area contributed by atoms with Gasteiger partial charge >= 0.3 is 0 Å². The maximum absolute atomic E-state index is 8.57. The second-order valence-electron chi connectivity index (χ2n) is 4.56. The van der Waals surface area contributed by atoms with Crippen LogP contribution < -0.4 is 10.5 Å². The van der Waals surface area contributed by atoms with E-state index in [-0.39, 0.29) is 5.84 Å². The summed E-state index contributed by atoms with van der Waals surface area (Å²) in [7, 11) is 0. The van der Waals surface area contributed by atoms with E-state index in [1.807, 2.05) is 0 Å². The molecule has 1 fully saturated rings. The van der Waals surface area contributed by atoms with Gasteiger partial charge in [-0.25, -0.2) is 0 Å². The lowest BCUT2D eigenvalue weighted by Gasteiger charge is -2.25. The Hall–Kier alpha value is -1.42. The summed E-state index contributed by atoms with van der Waals surface area (Å²) < 4.78 is 5.64. The molecule has 2 rings (SSSR count). The Balaban J connectivity index is 1.92. The highest BCUT2D eigenvalue weighted by molar-refractivity contribution is 6.32. The van der Waals surface area contributed by atoms with Gasteiger partial charge < -0.3 is 15.7 Å². The molecule has 0 unspecified atom stereocenters. The molecule has 0 radical (unpaired) electrons. The molecular formula is C13H17ClN2O2. The molecule has 0 spiro atoms. The number of halogens is 1. The van der Waals surface area contributed by atoms with Crippen molar-refractivity contribution < 1.29 is 9.94 Å². The standard InChI is InChI=1S/C13H17ClN2O2/c14-11-8-10(13(15)16-17)4-5-12(11)18-7-6-9-2-1-3-9/h4-5,8-9,17H,1-3,6-7H2,(H2,15,16). The average Bonchev–Trinajstić information content (AvgIpc) is 2.32. The van der Waals surface area contributed by atoms with E-state index in [2.05, 4.69) is 5.16 Å². The van der Waals surface area contributed by atoms with Crippen molar-refractivity contribution in [2.75, 3.05) is 6.61 Å². The zero-order valence-corrected chi connectivity index (χ0v) is 10.9. The number of amidine groups is 1. The van der Waals surface area contributed by atoms with E-state index >= 15 is 0 Å². The first-order chi connectivity index (χ1) is 8.70. The van der Waals surface area contributed by atoms with Crippen molar-refractivity contribution in [2.24, 2.45) is 16.8 Å². The molecule has 1 aromatic rings. The lowest BCUT2D eigenvalue weighted by molar-refractivity contribution is 0.222. The Bertz CT molecular complexity index is 445. The number of ether oxygens (including phenoxy) is 1. The van der Waals surface area contributed by atoms with Crippen molar-refractivity contribution in [1.82, 2.24) is 0 Å². The van der Waals surface area contributed by atoms with Crippen LogP contribution in [-0.4, -0.2) is 17.6 Å². The van der Waals surface area contributed by atoms with Crippen molar-refractivity contribution in [3.05, 3.63) is 28.8 Å². The molecule has 1 aliphatic carbocycles. The first-order valence-corrected chi connectivity index (χ1v) is 6.48. The van der Waals surface area contributed by atoms with E-state index in [0.717, 1.165) is 12.3 Å². The van der Waals surface area contributed by atoms with E-state index in [0.29, 0.717) is 22.9 Å². The Morgan fingerprint density at radius 1 is 1.50 bits per heavy atom. The topological polar surface area (TPSA) is 67.8 Å². The van der Waals surface area contributed by atoms with Crippen molar-refractivity contribution in [3.63, 3.8) is 0 Å². The van der Waals surface area contributed by atoms with Crippen molar-refractivity contribution >= 4 is 17.4 Å². The number of benzene rings is 1. The van der Waals surface area contributed by atoms with Gasteiger partial charge in [0.25, 0.3) is 0 Å². The third-order valence-electron chi connectivity index (χ3n) is 3.34. The molecular weight excluding hydrogens is 252 g/mol. The van der Waals surface area contributed by atoms with Crippen LogP contribution in [0.3, 0.4) is 0 Å². The summed E-state index contributed by atoms with van der Waals surface area (Å²) in [5, 5.41) is 12.0. The number of oxime groups is 1. The Kier molecular flexibility index (Phi) is 4.31. The lowest BCUT2D eigenvalue weighted by atomic mass is 9.83. The minimum Gasteiger partial charge on any atom is -0.492 e. The molecule has 5 heteroatoms. The van der Waals surface area contributed by atoms with E-state index in [1.54, 1.807) is 18.2 Å². The summed E-state index contributed by atoms with van der Waals surface area (Å²) in [5.74, 6) is 1.50. The fourth-order valence-electron chi connectivity index (χ4n) is 1.95. The summed E-state index contributed by atoms with van der Waals surface area (Å²) in [6.45, 7) is 0.688. The molecule has 0 atom stereocenters. The molecule has 1 saturated carbocycles. The van der Waals surface area contributed by atoms with Crippen LogP contribution in [0.1, 0.15) is 31.2 Å². The predicted molar refractivity (Wildman–Crippen MR) is 71.4 cm³/mol. The smallest absolute Gasteiger partial charge is 0.170 e. The molecule has 4 nitrogen and oxygen atoms in total.